The highest BCUT2D eigenvalue weighted by atomic mass is 19.2. The van der Waals surface area contributed by atoms with Crippen LogP contribution in [0.2, 0.25) is 0 Å². The Morgan fingerprint density at radius 1 is 1.40 bits per heavy atom. The van der Waals surface area contributed by atoms with Gasteiger partial charge in [-0.15, -0.1) is 0 Å². The molecular formula is C11H11F2NO. The fourth-order valence-electron chi connectivity index (χ4n) is 1.36. The molecule has 0 spiro atoms. The molecule has 0 bridgehead atoms. The van der Waals surface area contributed by atoms with Crippen LogP contribution in [0.5, 0.6) is 0 Å². The maximum absolute atomic E-state index is 13.5. The van der Waals surface area contributed by atoms with Crippen molar-refractivity contribution in [2.75, 3.05) is 0 Å². The highest BCUT2D eigenvalue weighted by Gasteiger charge is 2.17. The second-order valence-electron chi connectivity index (χ2n) is 3.24. The summed E-state index contributed by atoms with van der Waals surface area (Å²) < 4.78 is 26.7. The van der Waals surface area contributed by atoms with Gasteiger partial charge in [-0.1, -0.05) is 19.1 Å². The molecule has 0 amide bonds. The third-order valence-electron chi connectivity index (χ3n) is 2.26. The third-order valence-corrected chi connectivity index (χ3v) is 2.26. The van der Waals surface area contributed by atoms with E-state index in [1.807, 2.05) is 0 Å². The van der Waals surface area contributed by atoms with E-state index >= 15 is 0 Å². The molecule has 0 saturated heterocycles. The minimum absolute atomic E-state index is 0.101. The number of benzene rings is 1. The number of halogens is 2. The summed E-state index contributed by atoms with van der Waals surface area (Å²) in [6, 6.07) is 2.26. The molecule has 1 aromatic rings. The first-order valence-corrected chi connectivity index (χ1v) is 4.63. The van der Waals surface area contributed by atoms with Gasteiger partial charge in [-0.2, -0.15) is 4.99 Å². The molecule has 1 rings (SSSR count). The van der Waals surface area contributed by atoms with Gasteiger partial charge in [0.25, 0.3) is 0 Å². The number of hydrogen-bond acceptors (Lipinski definition) is 2. The third kappa shape index (κ3) is 2.28. The van der Waals surface area contributed by atoms with Crippen LogP contribution in [-0.2, 0) is 4.79 Å². The van der Waals surface area contributed by atoms with E-state index < -0.39 is 17.7 Å². The Morgan fingerprint density at radius 3 is 2.60 bits per heavy atom. The number of aryl methyl sites for hydroxylation is 1. The molecule has 0 heterocycles. The Morgan fingerprint density at radius 2 is 2.07 bits per heavy atom. The zero-order chi connectivity index (χ0) is 11.4. The van der Waals surface area contributed by atoms with Crippen LogP contribution in [0.1, 0.15) is 30.5 Å². The van der Waals surface area contributed by atoms with E-state index in [1.165, 1.54) is 25.1 Å². The number of rotatable bonds is 3. The minimum atomic E-state index is -0.930. The molecule has 0 aliphatic heterocycles. The van der Waals surface area contributed by atoms with Gasteiger partial charge in [-0.3, -0.25) is 0 Å². The minimum Gasteiger partial charge on any atom is -0.211 e. The van der Waals surface area contributed by atoms with Gasteiger partial charge >= 0.3 is 0 Å². The van der Waals surface area contributed by atoms with Crippen LogP contribution >= 0.6 is 0 Å². The monoisotopic (exact) mass is 211 g/mol. The Hall–Kier alpha value is -1.54. The summed E-state index contributed by atoms with van der Waals surface area (Å²) in [6.07, 6.45) is 1.79. The van der Waals surface area contributed by atoms with E-state index in [9.17, 15) is 13.6 Å². The molecule has 0 saturated carbocycles. The van der Waals surface area contributed by atoms with Crippen molar-refractivity contribution in [2.24, 2.45) is 4.99 Å². The van der Waals surface area contributed by atoms with E-state index in [2.05, 4.69) is 4.99 Å². The Labute approximate surface area is 86.6 Å². The van der Waals surface area contributed by atoms with Crippen LogP contribution in [0.4, 0.5) is 8.78 Å². The number of isocyanates is 1. The highest BCUT2D eigenvalue weighted by Crippen LogP contribution is 2.26. The maximum Gasteiger partial charge on any atom is 0.235 e. The van der Waals surface area contributed by atoms with Gasteiger partial charge in [-0.05, 0) is 18.9 Å². The molecule has 80 valence electrons. The van der Waals surface area contributed by atoms with Crippen molar-refractivity contribution >= 4 is 6.08 Å². The number of carbonyl (C=O) groups excluding carboxylic acids is 1. The summed E-state index contributed by atoms with van der Waals surface area (Å²) in [4.78, 5) is 13.5. The standard InChI is InChI=1S/C11H11F2NO/c1-3-9(14-6-15)8-5-4-7(2)10(12)11(8)13/h4-5,9H,3H2,1-2H3/t9-/m1/s1. The molecule has 0 radical (unpaired) electrons. The second-order valence-corrected chi connectivity index (χ2v) is 3.24. The topological polar surface area (TPSA) is 29.4 Å². The van der Waals surface area contributed by atoms with Crippen molar-refractivity contribution < 1.29 is 13.6 Å². The summed E-state index contributed by atoms with van der Waals surface area (Å²) >= 11 is 0. The molecule has 0 unspecified atom stereocenters. The van der Waals surface area contributed by atoms with E-state index in [1.54, 1.807) is 6.92 Å². The van der Waals surface area contributed by atoms with Gasteiger partial charge < -0.3 is 0 Å². The van der Waals surface area contributed by atoms with Crippen molar-refractivity contribution in [3.8, 4) is 0 Å². The average Bonchev–Trinajstić information content (AvgIpc) is 2.24. The first-order chi connectivity index (χ1) is 7.11. The van der Waals surface area contributed by atoms with E-state index in [0.29, 0.717) is 6.42 Å². The summed E-state index contributed by atoms with van der Waals surface area (Å²) in [6.45, 7) is 3.22. The summed E-state index contributed by atoms with van der Waals surface area (Å²) in [5.41, 5.74) is 0.338. The lowest BCUT2D eigenvalue weighted by atomic mass is 10.0. The van der Waals surface area contributed by atoms with Crippen molar-refractivity contribution in [1.29, 1.82) is 0 Å². The highest BCUT2D eigenvalue weighted by molar-refractivity contribution is 5.36. The molecule has 1 atom stereocenters. The predicted octanol–water partition coefficient (Wildman–Crippen LogP) is 3.06. The predicted molar refractivity (Wildman–Crippen MR) is 52.2 cm³/mol. The fourth-order valence-corrected chi connectivity index (χ4v) is 1.36. The molecule has 4 heteroatoms. The lowest BCUT2D eigenvalue weighted by Gasteiger charge is -2.10. The molecule has 0 aliphatic rings. The molecule has 2 nitrogen and oxygen atoms in total. The van der Waals surface area contributed by atoms with Gasteiger partial charge in [0.15, 0.2) is 11.6 Å². The molecule has 1 aromatic carbocycles. The van der Waals surface area contributed by atoms with Crippen molar-refractivity contribution in [1.82, 2.24) is 0 Å². The van der Waals surface area contributed by atoms with E-state index in [4.69, 9.17) is 0 Å². The molecule has 0 fully saturated rings. The van der Waals surface area contributed by atoms with Gasteiger partial charge in [-0.25, -0.2) is 13.6 Å². The van der Waals surface area contributed by atoms with Crippen molar-refractivity contribution in [2.45, 2.75) is 26.3 Å². The van der Waals surface area contributed by atoms with Crippen molar-refractivity contribution in [3.63, 3.8) is 0 Å². The molecule has 0 aromatic heterocycles. The zero-order valence-corrected chi connectivity index (χ0v) is 8.55. The van der Waals surface area contributed by atoms with Gasteiger partial charge in [0.2, 0.25) is 6.08 Å². The molecular weight excluding hydrogens is 200 g/mol. The Kier molecular flexibility index (Phi) is 3.69. The van der Waals surface area contributed by atoms with Crippen molar-refractivity contribution in [3.05, 3.63) is 34.9 Å². The Bertz CT molecular complexity index is 411. The molecule has 0 aliphatic carbocycles. The Balaban J connectivity index is 3.25. The van der Waals surface area contributed by atoms with Gasteiger partial charge in [0, 0.05) is 5.56 Å². The first kappa shape index (κ1) is 11.5. The van der Waals surface area contributed by atoms with Crippen LogP contribution in [0.3, 0.4) is 0 Å². The van der Waals surface area contributed by atoms with Gasteiger partial charge in [0.1, 0.15) is 0 Å². The average molecular weight is 211 g/mol. The number of nitrogens with zero attached hydrogens (tertiary/aromatic N) is 1. The molecule has 15 heavy (non-hydrogen) atoms. The lowest BCUT2D eigenvalue weighted by Crippen LogP contribution is -2.01. The van der Waals surface area contributed by atoms with Crippen LogP contribution < -0.4 is 0 Å². The normalized spacial score (nSPS) is 12.0. The largest absolute Gasteiger partial charge is 0.235 e. The van der Waals surface area contributed by atoms with Gasteiger partial charge in [0.05, 0.1) is 6.04 Å². The zero-order valence-electron chi connectivity index (χ0n) is 8.55. The summed E-state index contributed by atoms with van der Waals surface area (Å²) in [5.74, 6) is -1.81. The SMILES string of the molecule is CC[C@@H](N=C=O)c1ccc(C)c(F)c1F. The second kappa shape index (κ2) is 4.80. The van der Waals surface area contributed by atoms with Crippen LogP contribution in [0, 0.1) is 18.6 Å². The smallest absolute Gasteiger partial charge is 0.211 e. The number of hydrogen-bond donors (Lipinski definition) is 0. The number of aliphatic imine (C=N–C) groups is 1. The van der Waals surface area contributed by atoms with E-state index in [0.717, 1.165) is 0 Å². The summed E-state index contributed by atoms with van der Waals surface area (Å²) in [7, 11) is 0. The van der Waals surface area contributed by atoms with Crippen LogP contribution in [0.15, 0.2) is 17.1 Å². The first-order valence-electron chi connectivity index (χ1n) is 4.63. The van der Waals surface area contributed by atoms with E-state index in [-0.39, 0.29) is 11.1 Å². The fraction of sp³-hybridized carbons (Fsp3) is 0.364. The maximum atomic E-state index is 13.5. The van der Waals surface area contributed by atoms with Crippen LogP contribution in [-0.4, -0.2) is 6.08 Å². The molecule has 0 N–H and O–H groups in total. The summed E-state index contributed by atoms with van der Waals surface area (Å²) in [5, 5.41) is 0. The lowest BCUT2D eigenvalue weighted by molar-refractivity contribution is 0.480. The van der Waals surface area contributed by atoms with Crippen LogP contribution in [0.25, 0.3) is 0 Å². The quantitative estimate of drug-likeness (QED) is 0.558.